The van der Waals surface area contributed by atoms with E-state index in [1.54, 1.807) is 0 Å². The summed E-state index contributed by atoms with van der Waals surface area (Å²) in [6.07, 6.45) is 0.0347. The zero-order valence-corrected chi connectivity index (χ0v) is 6.22. The van der Waals surface area contributed by atoms with Crippen LogP contribution in [0, 0.1) is 5.41 Å². The van der Waals surface area contributed by atoms with E-state index in [0.717, 1.165) is 0 Å². The fraction of sp³-hybridized carbons (Fsp3) is 1.00. The van der Waals surface area contributed by atoms with Gasteiger partial charge in [0.15, 0.2) is 0 Å². The summed E-state index contributed by atoms with van der Waals surface area (Å²) in [7, 11) is 0. The van der Waals surface area contributed by atoms with Crippen molar-refractivity contribution in [2.45, 2.75) is 25.7 Å². The van der Waals surface area contributed by atoms with Crippen LogP contribution >= 0.6 is 12.6 Å². The van der Waals surface area contributed by atoms with Gasteiger partial charge < -0.3 is 0 Å². The zero-order chi connectivity index (χ0) is 7.12. The van der Waals surface area contributed by atoms with E-state index >= 15 is 0 Å². The van der Waals surface area contributed by atoms with Gasteiger partial charge >= 0.3 is 0 Å². The van der Waals surface area contributed by atoms with Crippen LogP contribution in [0.4, 0.5) is 8.78 Å². The molecule has 0 aromatic rings. The van der Waals surface area contributed by atoms with Crippen molar-refractivity contribution >= 4 is 12.6 Å². The standard InChI is InChI=1S/C6H10F2S/c1-5(4-9)2-6(7,8)3-5/h9H,2-4H2,1H3. The first-order valence-corrected chi connectivity index (χ1v) is 3.59. The molecule has 0 unspecified atom stereocenters. The molecule has 0 bridgehead atoms. The van der Waals surface area contributed by atoms with Crippen LogP contribution in [-0.2, 0) is 0 Å². The summed E-state index contributed by atoms with van der Waals surface area (Å²) in [5.41, 5.74) is -0.188. The van der Waals surface area contributed by atoms with Crippen LogP contribution in [0.15, 0.2) is 0 Å². The van der Waals surface area contributed by atoms with Crippen molar-refractivity contribution in [2.24, 2.45) is 5.41 Å². The second kappa shape index (κ2) is 1.84. The quantitative estimate of drug-likeness (QED) is 0.548. The molecule has 1 fully saturated rings. The third kappa shape index (κ3) is 1.37. The van der Waals surface area contributed by atoms with E-state index in [1.807, 2.05) is 6.92 Å². The molecule has 0 aliphatic heterocycles. The Morgan fingerprint density at radius 3 is 2.00 bits per heavy atom. The largest absolute Gasteiger partial charge is 0.249 e. The van der Waals surface area contributed by atoms with E-state index in [4.69, 9.17) is 0 Å². The normalized spacial score (nSPS) is 29.3. The number of thiol groups is 1. The fourth-order valence-corrected chi connectivity index (χ4v) is 1.53. The van der Waals surface area contributed by atoms with Crippen LogP contribution in [0.5, 0.6) is 0 Å². The highest BCUT2D eigenvalue weighted by atomic mass is 32.1. The Labute approximate surface area is 59.0 Å². The zero-order valence-electron chi connectivity index (χ0n) is 5.32. The minimum absolute atomic E-state index is 0.0174. The molecule has 0 N–H and O–H groups in total. The Balaban J connectivity index is 2.41. The minimum Gasteiger partial charge on any atom is -0.207 e. The lowest BCUT2D eigenvalue weighted by Crippen LogP contribution is -2.45. The highest BCUT2D eigenvalue weighted by molar-refractivity contribution is 7.80. The highest BCUT2D eigenvalue weighted by Gasteiger charge is 2.52. The first-order chi connectivity index (χ1) is 3.97. The van der Waals surface area contributed by atoms with Gasteiger partial charge in [-0.05, 0) is 11.2 Å². The van der Waals surface area contributed by atoms with Crippen LogP contribution in [0.2, 0.25) is 0 Å². The molecule has 0 heterocycles. The molecule has 1 rings (SSSR count). The van der Waals surface area contributed by atoms with Crippen molar-refractivity contribution in [3.63, 3.8) is 0 Å². The number of hydrogen-bond acceptors (Lipinski definition) is 1. The maximum atomic E-state index is 12.2. The molecule has 0 atom stereocenters. The third-order valence-corrected chi connectivity index (χ3v) is 2.52. The van der Waals surface area contributed by atoms with Crippen LogP contribution in [-0.4, -0.2) is 11.7 Å². The Hall–Kier alpha value is 0.210. The summed E-state index contributed by atoms with van der Waals surface area (Å²) in [6.45, 7) is 1.84. The summed E-state index contributed by atoms with van der Waals surface area (Å²) in [5, 5.41) is 0. The first kappa shape index (κ1) is 7.32. The number of rotatable bonds is 1. The van der Waals surface area contributed by atoms with Gasteiger partial charge in [0.05, 0.1) is 0 Å². The van der Waals surface area contributed by atoms with Gasteiger partial charge in [-0.1, -0.05) is 6.92 Å². The molecule has 0 spiro atoms. The van der Waals surface area contributed by atoms with Gasteiger partial charge in [0, 0.05) is 12.8 Å². The summed E-state index contributed by atoms with van der Waals surface area (Å²) >= 11 is 3.98. The SMILES string of the molecule is CC1(CS)CC(F)(F)C1. The molecule has 1 saturated carbocycles. The van der Waals surface area contributed by atoms with Gasteiger partial charge in [0.1, 0.15) is 0 Å². The van der Waals surface area contributed by atoms with Gasteiger partial charge in [-0.25, -0.2) is 8.78 Å². The molecule has 3 heteroatoms. The van der Waals surface area contributed by atoms with Crippen molar-refractivity contribution in [3.8, 4) is 0 Å². The van der Waals surface area contributed by atoms with Crippen LogP contribution < -0.4 is 0 Å². The Bertz CT molecular complexity index is 114. The molecule has 1 aliphatic carbocycles. The van der Waals surface area contributed by atoms with Gasteiger partial charge in [0.2, 0.25) is 5.92 Å². The van der Waals surface area contributed by atoms with E-state index in [9.17, 15) is 8.78 Å². The van der Waals surface area contributed by atoms with Gasteiger partial charge in [0.25, 0.3) is 0 Å². The van der Waals surface area contributed by atoms with Gasteiger partial charge in [-0.2, -0.15) is 12.6 Å². The lowest BCUT2D eigenvalue weighted by Gasteiger charge is -2.43. The first-order valence-electron chi connectivity index (χ1n) is 2.96. The van der Waals surface area contributed by atoms with E-state index in [-0.39, 0.29) is 18.3 Å². The van der Waals surface area contributed by atoms with Crippen molar-refractivity contribution in [1.82, 2.24) is 0 Å². The predicted octanol–water partition coefficient (Wildman–Crippen LogP) is 2.35. The maximum absolute atomic E-state index is 12.2. The Morgan fingerprint density at radius 1 is 1.44 bits per heavy atom. The predicted molar refractivity (Wildman–Crippen MR) is 36.1 cm³/mol. The maximum Gasteiger partial charge on any atom is 0.249 e. The van der Waals surface area contributed by atoms with Crippen LogP contribution in [0.25, 0.3) is 0 Å². The lowest BCUT2D eigenvalue weighted by molar-refractivity contribution is -0.144. The molecule has 54 valence electrons. The van der Waals surface area contributed by atoms with Gasteiger partial charge in [-0.3, -0.25) is 0 Å². The Kier molecular flexibility index (Phi) is 1.50. The Morgan fingerprint density at radius 2 is 1.89 bits per heavy atom. The van der Waals surface area contributed by atoms with E-state index in [1.165, 1.54) is 0 Å². The summed E-state index contributed by atoms with van der Waals surface area (Å²) < 4.78 is 24.4. The average Bonchev–Trinajstić information content (AvgIpc) is 1.61. The topological polar surface area (TPSA) is 0 Å². The molecular formula is C6H10F2S. The number of halogens is 2. The third-order valence-electron chi connectivity index (χ3n) is 1.75. The molecule has 0 aromatic carbocycles. The second-order valence-electron chi connectivity index (χ2n) is 3.18. The smallest absolute Gasteiger partial charge is 0.207 e. The van der Waals surface area contributed by atoms with Crippen molar-refractivity contribution in [2.75, 3.05) is 5.75 Å². The summed E-state index contributed by atoms with van der Waals surface area (Å²) in [4.78, 5) is 0. The second-order valence-corrected chi connectivity index (χ2v) is 3.49. The number of hydrogen-bond donors (Lipinski definition) is 1. The lowest BCUT2D eigenvalue weighted by atomic mass is 9.69. The van der Waals surface area contributed by atoms with Crippen molar-refractivity contribution < 1.29 is 8.78 Å². The fourth-order valence-electron chi connectivity index (χ4n) is 1.31. The molecule has 0 nitrogen and oxygen atoms in total. The minimum atomic E-state index is -2.39. The molecular weight excluding hydrogens is 142 g/mol. The molecule has 0 amide bonds. The van der Waals surface area contributed by atoms with Crippen LogP contribution in [0.1, 0.15) is 19.8 Å². The molecule has 0 radical (unpaired) electrons. The van der Waals surface area contributed by atoms with Crippen molar-refractivity contribution in [3.05, 3.63) is 0 Å². The van der Waals surface area contributed by atoms with Gasteiger partial charge in [-0.15, -0.1) is 0 Å². The van der Waals surface area contributed by atoms with Crippen LogP contribution in [0.3, 0.4) is 0 Å². The monoisotopic (exact) mass is 152 g/mol. The summed E-state index contributed by atoms with van der Waals surface area (Å²) in [6, 6.07) is 0. The average molecular weight is 152 g/mol. The molecule has 0 aromatic heterocycles. The van der Waals surface area contributed by atoms with E-state index < -0.39 is 5.92 Å². The van der Waals surface area contributed by atoms with E-state index in [2.05, 4.69) is 12.6 Å². The highest BCUT2D eigenvalue weighted by Crippen LogP contribution is 2.51. The molecule has 9 heavy (non-hydrogen) atoms. The number of alkyl halides is 2. The summed E-state index contributed by atoms with van der Waals surface area (Å²) in [5.74, 6) is -1.82. The van der Waals surface area contributed by atoms with Crippen molar-refractivity contribution in [1.29, 1.82) is 0 Å². The molecule has 0 saturated heterocycles. The van der Waals surface area contributed by atoms with E-state index in [0.29, 0.717) is 5.75 Å². The molecule has 1 aliphatic rings.